The second-order valence-corrected chi connectivity index (χ2v) is 3.66. The Morgan fingerprint density at radius 2 is 2.00 bits per heavy atom. The molecule has 0 spiro atoms. The maximum Gasteiger partial charge on any atom is 0.416 e. The van der Waals surface area contributed by atoms with Crippen LogP contribution in [0.2, 0.25) is 0 Å². The first-order chi connectivity index (χ1) is 6.75. The maximum atomic E-state index is 12.4. The van der Waals surface area contributed by atoms with Crippen LogP contribution >= 0.6 is 0 Å². The highest BCUT2D eigenvalue weighted by Crippen LogP contribution is 2.34. The Morgan fingerprint density at radius 1 is 1.47 bits per heavy atom. The van der Waals surface area contributed by atoms with Crippen molar-refractivity contribution in [3.05, 3.63) is 24.0 Å². The second-order valence-electron chi connectivity index (χ2n) is 3.66. The minimum atomic E-state index is -4.39. The lowest BCUT2D eigenvalue weighted by atomic mass is 10.1. The molecule has 0 unspecified atom stereocenters. The Kier molecular flexibility index (Phi) is 2.93. The predicted molar refractivity (Wildman–Crippen MR) is 52.4 cm³/mol. The number of halogens is 3. The summed E-state index contributed by atoms with van der Waals surface area (Å²) >= 11 is 0. The van der Waals surface area contributed by atoms with Crippen LogP contribution in [0.3, 0.4) is 0 Å². The summed E-state index contributed by atoms with van der Waals surface area (Å²) in [6.45, 7) is 8.38. The molecule has 0 atom stereocenters. The quantitative estimate of drug-likeness (QED) is 0.744. The summed E-state index contributed by atoms with van der Waals surface area (Å²) in [4.78, 5) is 0. The summed E-state index contributed by atoms with van der Waals surface area (Å²) in [5, 5.41) is 3.91. The molecule has 0 N–H and O–H groups in total. The molecule has 2 nitrogen and oxygen atoms in total. The largest absolute Gasteiger partial charge is 0.416 e. The van der Waals surface area contributed by atoms with E-state index >= 15 is 0 Å². The Morgan fingerprint density at radius 3 is 2.33 bits per heavy atom. The lowest BCUT2D eigenvalue weighted by Crippen LogP contribution is -2.11. The van der Waals surface area contributed by atoms with Crippen LogP contribution < -0.4 is 0 Å². The van der Waals surface area contributed by atoms with E-state index in [9.17, 15) is 13.2 Å². The summed E-state index contributed by atoms with van der Waals surface area (Å²) in [7, 11) is 0. The standard InChI is InChI=1S/C10H13F3N2/c1-6(2)15-8(4)9(5-14-15)7(3)10(11,12)13/h5-6H,3H2,1-2,4H3. The number of rotatable bonds is 2. The van der Waals surface area contributed by atoms with Crippen LogP contribution in [-0.4, -0.2) is 16.0 Å². The highest BCUT2D eigenvalue weighted by Gasteiger charge is 2.34. The van der Waals surface area contributed by atoms with E-state index in [-0.39, 0.29) is 11.6 Å². The predicted octanol–water partition coefficient (Wildman–Crippen LogP) is 3.35. The minimum absolute atomic E-state index is 0.0415. The van der Waals surface area contributed by atoms with Crippen molar-refractivity contribution in [3.63, 3.8) is 0 Å². The van der Waals surface area contributed by atoms with Crippen molar-refractivity contribution < 1.29 is 13.2 Å². The normalized spacial score (nSPS) is 12.2. The summed E-state index contributed by atoms with van der Waals surface area (Å²) in [5.74, 6) is 0. The molecular weight excluding hydrogens is 205 g/mol. The summed E-state index contributed by atoms with van der Waals surface area (Å²) in [6.07, 6.45) is -3.18. The van der Waals surface area contributed by atoms with Crippen LogP contribution in [0.1, 0.15) is 31.1 Å². The third kappa shape index (κ3) is 2.22. The fourth-order valence-electron chi connectivity index (χ4n) is 1.39. The third-order valence-corrected chi connectivity index (χ3v) is 2.20. The van der Waals surface area contributed by atoms with Crippen molar-refractivity contribution in [2.24, 2.45) is 0 Å². The lowest BCUT2D eigenvalue weighted by molar-refractivity contribution is -0.0687. The first-order valence-electron chi connectivity index (χ1n) is 4.55. The van der Waals surface area contributed by atoms with Gasteiger partial charge in [0.15, 0.2) is 0 Å². The van der Waals surface area contributed by atoms with Gasteiger partial charge in [0.1, 0.15) is 0 Å². The molecule has 84 valence electrons. The van der Waals surface area contributed by atoms with Crippen molar-refractivity contribution in [1.29, 1.82) is 0 Å². The molecule has 0 bridgehead atoms. The van der Waals surface area contributed by atoms with Gasteiger partial charge >= 0.3 is 6.18 Å². The molecule has 0 saturated carbocycles. The molecule has 0 aromatic carbocycles. The molecule has 0 radical (unpaired) electrons. The molecule has 1 heterocycles. The van der Waals surface area contributed by atoms with Gasteiger partial charge in [-0.25, -0.2) is 0 Å². The fourth-order valence-corrected chi connectivity index (χ4v) is 1.39. The van der Waals surface area contributed by atoms with E-state index in [4.69, 9.17) is 0 Å². The Hall–Kier alpha value is -1.26. The number of alkyl halides is 3. The molecule has 15 heavy (non-hydrogen) atoms. The summed E-state index contributed by atoms with van der Waals surface area (Å²) < 4.78 is 38.7. The smallest absolute Gasteiger partial charge is 0.267 e. The highest BCUT2D eigenvalue weighted by molar-refractivity contribution is 5.68. The van der Waals surface area contributed by atoms with Crippen LogP contribution in [-0.2, 0) is 0 Å². The minimum Gasteiger partial charge on any atom is -0.267 e. The van der Waals surface area contributed by atoms with Crippen LogP contribution in [0, 0.1) is 6.92 Å². The fraction of sp³-hybridized carbons (Fsp3) is 0.500. The van der Waals surface area contributed by atoms with Gasteiger partial charge < -0.3 is 0 Å². The number of nitrogens with zero attached hydrogens (tertiary/aromatic N) is 2. The van der Waals surface area contributed by atoms with E-state index in [1.54, 1.807) is 11.6 Å². The SMILES string of the molecule is C=C(c1cnn(C(C)C)c1C)C(F)(F)F. The van der Waals surface area contributed by atoms with Crippen LogP contribution in [0.4, 0.5) is 13.2 Å². The van der Waals surface area contributed by atoms with E-state index in [1.165, 1.54) is 6.20 Å². The van der Waals surface area contributed by atoms with Gasteiger partial charge in [-0.15, -0.1) is 0 Å². The molecule has 0 fully saturated rings. The first-order valence-corrected chi connectivity index (χ1v) is 4.55. The average molecular weight is 218 g/mol. The number of allylic oxidation sites excluding steroid dienone is 1. The Labute approximate surface area is 86.4 Å². The molecule has 0 aliphatic rings. The summed E-state index contributed by atoms with van der Waals surface area (Å²) in [5.41, 5.74) is -0.282. The summed E-state index contributed by atoms with van der Waals surface area (Å²) in [6, 6.07) is 0.0415. The van der Waals surface area contributed by atoms with Gasteiger partial charge in [-0.05, 0) is 20.8 Å². The topological polar surface area (TPSA) is 17.8 Å². The van der Waals surface area contributed by atoms with E-state index in [0.29, 0.717) is 5.69 Å². The van der Waals surface area contributed by atoms with Gasteiger partial charge in [0.2, 0.25) is 0 Å². The number of hydrogen-bond donors (Lipinski definition) is 0. The van der Waals surface area contributed by atoms with E-state index < -0.39 is 11.7 Å². The monoisotopic (exact) mass is 218 g/mol. The molecule has 0 aliphatic heterocycles. The van der Waals surface area contributed by atoms with Gasteiger partial charge in [-0.1, -0.05) is 6.58 Å². The molecule has 1 aromatic rings. The van der Waals surface area contributed by atoms with Crippen molar-refractivity contribution in [2.45, 2.75) is 33.0 Å². The molecule has 5 heteroatoms. The molecular formula is C10H13F3N2. The Bertz CT molecular complexity index is 375. The zero-order chi connectivity index (χ0) is 11.8. The van der Waals surface area contributed by atoms with Gasteiger partial charge in [-0.3, -0.25) is 4.68 Å². The molecule has 0 aliphatic carbocycles. The zero-order valence-corrected chi connectivity index (χ0v) is 8.89. The van der Waals surface area contributed by atoms with E-state index in [2.05, 4.69) is 11.7 Å². The van der Waals surface area contributed by atoms with Crippen LogP contribution in [0.25, 0.3) is 5.57 Å². The number of hydrogen-bond acceptors (Lipinski definition) is 1. The first kappa shape index (κ1) is 11.8. The lowest BCUT2D eigenvalue weighted by Gasteiger charge is -2.11. The average Bonchev–Trinajstić information content (AvgIpc) is 2.44. The van der Waals surface area contributed by atoms with Crippen molar-refractivity contribution in [3.8, 4) is 0 Å². The highest BCUT2D eigenvalue weighted by atomic mass is 19.4. The van der Waals surface area contributed by atoms with Crippen molar-refractivity contribution >= 4 is 5.57 Å². The van der Waals surface area contributed by atoms with Gasteiger partial charge in [0.05, 0.1) is 11.8 Å². The van der Waals surface area contributed by atoms with E-state index in [1.807, 2.05) is 13.8 Å². The van der Waals surface area contributed by atoms with Crippen molar-refractivity contribution in [1.82, 2.24) is 9.78 Å². The maximum absolute atomic E-state index is 12.4. The van der Waals surface area contributed by atoms with Crippen LogP contribution in [0.5, 0.6) is 0 Å². The van der Waals surface area contributed by atoms with Gasteiger partial charge in [0.25, 0.3) is 0 Å². The van der Waals surface area contributed by atoms with Gasteiger partial charge in [-0.2, -0.15) is 18.3 Å². The van der Waals surface area contributed by atoms with Gasteiger partial charge in [0, 0.05) is 17.3 Å². The second kappa shape index (κ2) is 3.72. The van der Waals surface area contributed by atoms with E-state index in [0.717, 1.165) is 0 Å². The molecule has 0 amide bonds. The molecule has 1 aromatic heterocycles. The Balaban J connectivity index is 3.13. The van der Waals surface area contributed by atoms with Crippen molar-refractivity contribution in [2.75, 3.05) is 0 Å². The number of aromatic nitrogens is 2. The molecule has 0 saturated heterocycles. The molecule has 1 rings (SSSR count). The third-order valence-electron chi connectivity index (χ3n) is 2.20. The van der Waals surface area contributed by atoms with Crippen LogP contribution in [0.15, 0.2) is 12.8 Å². The zero-order valence-electron chi connectivity index (χ0n) is 8.89.